The number of hydrogen-bond donors (Lipinski definition) is 2. The van der Waals surface area contributed by atoms with Crippen LogP contribution in [0.2, 0.25) is 0 Å². The first kappa shape index (κ1) is 101. The molecular weight excluding hydrogens is 1080 g/mol. The minimum Gasteiger partial charge on any atom is -0.483 e. The molecule has 6 unspecified atom stereocenters. The van der Waals surface area contributed by atoms with Gasteiger partial charge in [0.1, 0.15) is 6.10 Å². The van der Waals surface area contributed by atoms with E-state index in [-0.39, 0.29) is 0 Å². The van der Waals surface area contributed by atoms with Crippen molar-refractivity contribution in [3.05, 3.63) is 0 Å². The van der Waals surface area contributed by atoms with E-state index >= 15 is 0 Å². The van der Waals surface area contributed by atoms with Crippen LogP contribution in [0.1, 0.15) is 311 Å². The van der Waals surface area contributed by atoms with Gasteiger partial charge in [0.05, 0.1) is 30.9 Å². The molecule has 0 aliphatic carbocycles. The van der Waals surface area contributed by atoms with Crippen molar-refractivity contribution in [1.82, 2.24) is 10.6 Å². The number of nitrogens with one attached hydrogen (secondary N) is 2. The van der Waals surface area contributed by atoms with E-state index in [0.29, 0.717) is 53.8 Å². The zero-order chi connectivity index (χ0) is 69.5. The Morgan fingerprint density at radius 3 is 1.17 bits per heavy atom. The van der Waals surface area contributed by atoms with Gasteiger partial charge in [-0.25, -0.2) is 0 Å². The van der Waals surface area contributed by atoms with Crippen LogP contribution >= 0.6 is 0 Å². The highest BCUT2D eigenvalue weighted by Crippen LogP contribution is 2.20. The molecule has 12 heteroatoms. The lowest BCUT2D eigenvalue weighted by atomic mass is 9.90. The van der Waals surface area contributed by atoms with Crippen molar-refractivity contribution in [1.29, 1.82) is 0 Å². The molecule has 8 rings (SSSR count). The van der Waals surface area contributed by atoms with Crippen molar-refractivity contribution >= 4 is 49.3 Å². The molecule has 12 nitrogen and oxygen atoms in total. The summed E-state index contributed by atoms with van der Waals surface area (Å²) in [7, 11) is 0. The van der Waals surface area contributed by atoms with Crippen molar-refractivity contribution in [2.75, 3.05) is 52.4 Å². The van der Waals surface area contributed by atoms with Gasteiger partial charge in [-0.3, -0.25) is 39.9 Å². The van der Waals surface area contributed by atoms with Gasteiger partial charge in [0.2, 0.25) is 0 Å². The molecule has 0 bridgehead atoms. The van der Waals surface area contributed by atoms with Gasteiger partial charge < -0.3 is 20.1 Å². The van der Waals surface area contributed by atoms with Crippen molar-refractivity contribution in [3.8, 4) is 0 Å². The maximum Gasteiger partial charge on any atom is 0.169 e. The van der Waals surface area contributed by atoms with Crippen molar-refractivity contribution in [2.24, 2.45) is 99.1 Å². The third-order valence-corrected chi connectivity index (χ3v) is 14.3. The Labute approximate surface area is 554 Å². The van der Waals surface area contributed by atoms with E-state index in [9.17, 15) is 0 Å². The van der Waals surface area contributed by atoms with E-state index < -0.39 is 0 Å². The lowest BCUT2D eigenvalue weighted by Gasteiger charge is -2.22. The molecule has 8 heterocycles. The molecule has 0 radical (unpaired) electrons. The average molecular weight is 1250 g/mol. The van der Waals surface area contributed by atoms with Crippen LogP contribution in [0.15, 0.2) is 39.9 Å². The van der Waals surface area contributed by atoms with E-state index in [2.05, 4.69) is 180 Å². The van der Waals surface area contributed by atoms with Crippen molar-refractivity contribution in [3.63, 3.8) is 0 Å². The van der Waals surface area contributed by atoms with Crippen LogP contribution in [-0.4, -0.2) is 126 Å². The van der Waals surface area contributed by atoms with Gasteiger partial charge in [-0.2, -0.15) is 0 Å². The number of nitrogens with zero attached hydrogens (tertiary/aromatic N) is 8. The van der Waals surface area contributed by atoms with E-state index in [1.165, 1.54) is 95.0 Å². The van der Waals surface area contributed by atoms with Crippen LogP contribution in [0.25, 0.3) is 0 Å². The Hall–Kier alpha value is -3.44. The summed E-state index contributed by atoms with van der Waals surface area (Å²) in [5.74, 6) is 8.28. The molecule has 0 saturated heterocycles. The average Bonchev–Trinajstić information content (AvgIpc) is 3.61. The maximum absolute atomic E-state index is 5.25. The van der Waals surface area contributed by atoms with Gasteiger partial charge in [0, 0.05) is 75.8 Å². The molecule has 2 N–H and O–H groups in total. The van der Waals surface area contributed by atoms with Crippen LogP contribution in [0, 0.1) is 59.2 Å². The van der Waals surface area contributed by atoms with Crippen LogP contribution in [-0.2, 0) is 9.47 Å². The summed E-state index contributed by atoms with van der Waals surface area (Å²) >= 11 is 0. The zero-order valence-corrected chi connectivity index (χ0v) is 65.5. The monoisotopic (exact) mass is 1250 g/mol. The summed E-state index contributed by atoms with van der Waals surface area (Å²) < 4.78 is 10.3. The minimum atomic E-state index is 0.405. The topological polar surface area (TPSA) is 141 Å². The number of aliphatic imine (C=N–C) groups is 8. The summed E-state index contributed by atoms with van der Waals surface area (Å²) in [5, 5.41) is 6.50. The van der Waals surface area contributed by atoms with Gasteiger partial charge >= 0.3 is 0 Å². The molecule has 88 heavy (non-hydrogen) atoms. The normalized spacial score (nSPS) is 21.0. The lowest BCUT2D eigenvalue weighted by Crippen LogP contribution is -2.36. The standard InChI is InChI=1S/4C8H15N.2C7H14N2.2C7H13NO.8C2H6/c1-7(2)8-4-3-5-9-6-8;3*1-7(2)8-5-3-4-6-9-8;1-6(2)7-3-4-8-5-9-7;1-6(2)7-8-4-3-5-9-7;1-6(2)7-3-8-5-9-4-7;1-6(2)7-3-4-8-5-9-7;8*1-2/h5,7-8H,3-4,6H2,1-2H3;7H,3-6H2,1-2H3;2*6-8H,3-5H2,1-2H3;5-7H,3-4H2,1-2H3,(H,8,9);6H,3-5H2,1-2H3,(H,8,9);2*5-7H,3-4H2,1-2H3;8*1-2H3. The largest absolute Gasteiger partial charge is 0.483 e. The number of hydrogen-bond acceptors (Lipinski definition) is 12. The molecule has 0 amide bonds. The molecule has 8 aliphatic rings. The maximum atomic E-state index is 5.25. The highest BCUT2D eigenvalue weighted by Gasteiger charge is 2.18. The first-order chi connectivity index (χ1) is 42.4. The second-order valence-electron chi connectivity index (χ2n) is 23.3. The first-order valence-electron chi connectivity index (χ1n) is 37.2. The van der Waals surface area contributed by atoms with Gasteiger partial charge in [-0.1, -0.05) is 222 Å². The molecule has 0 saturated carbocycles. The van der Waals surface area contributed by atoms with E-state index in [0.717, 1.165) is 88.4 Å². The molecule has 6 atom stereocenters. The Balaban J connectivity index is -0.000000134. The van der Waals surface area contributed by atoms with E-state index in [1.54, 1.807) is 12.8 Å². The predicted molar refractivity (Wildman–Crippen MR) is 409 cm³/mol. The summed E-state index contributed by atoms with van der Waals surface area (Å²) in [4.78, 5) is 33.9. The molecule has 0 aromatic rings. The SMILES string of the molecule is CC.CC.CC.CC.CC.CC.CC.CC.CC(C)C1=NCCCC1.CC(C)C1=NCCCN1.CC(C)C1CCC=NC1.CC(C)C1CCCC=N1.CC(C)C1CCCC=N1.CC(C)C1CCN=CN1.CC(C)C1CCN=CO1.CC(C)C1CN=COC1. The third kappa shape index (κ3) is 64.1. The third-order valence-electron chi connectivity index (χ3n) is 14.3. The fourth-order valence-corrected chi connectivity index (χ4v) is 8.59. The van der Waals surface area contributed by atoms with Crippen LogP contribution in [0.3, 0.4) is 0 Å². The summed E-state index contributed by atoms with van der Waals surface area (Å²) in [6, 6.07) is 1.90. The second-order valence-corrected chi connectivity index (χ2v) is 23.3. The Bertz CT molecular complexity index is 1390. The van der Waals surface area contributed by atoms with Crippen molar-refractivity contribution in [2.45, 2.75) is 336 Å². The van der Waals surface area contributed by atoms with Gasteiger partial charge in [0.15, 0.2) is 12.8 Å². The fraction of sp³-hybridized carbons (Fsp3) is 0.895. The quantitative estimate of drug-likeness (QED) is 0.250. The minimum absolute atomic E-state index is 0.405. The fourth-order valence-electron chi connectivity index (χ4n) is 8.59. The van der Waals surface area contributed by atoms with Gasteiger partial charge in [-0.15, -0.1) is 0 Å². The Morgan fingerprint density at radius 2 is 0.932 bits per heavy atom. The molecule has 528 valence electrons. The lowest BCUT2D eigenvalue weighted by molar-refractivity contribution is 0.130. The van der Waals surface area contributed by atoms with E-state index in [1.807, 2.05) is 117 Å². The summed E-state index contributed by atoms with van der Waals surface area (Å²) in [5.41, 5.74) is 1.43. The van der Waals surface area contributed by atoms with Gasteiger partial charge in [0.25, 0.3) is 0 Å². The predicted octanol–water partition coefficient (Wildman–Crippen LogP) is 22.0. The summed E-state index contributed by atoms with van der Waals surface area (Å²) in [6.07, 6.45) is 29.2. The number of amidine groups is 1. The highest BCUT2D eigenvalue weighted by molar-refractivity contribution is 5.86. The van der Waals surface area contributed by atoms with Gasteiger partial charge in [-0.05, 0) is 149 Å². The number of ether oxygens (including phenoxy) is 2. The van der Waals surface area contributed by atoms with Crippen LogP contribution in [0.4, 0.5) is 0 Å². The summed E-state index contributed by atoms with van der Waals surface area (Å²) in [6.45, 7) is 75.5. The number of rotatable bonds is 8. The first-order valence-corrected chi connectivity index (χ1v) is 37.2. The Morgan fingerprint density at radius 1 is 0.420 bits per heavy atom. The van der Waals surface area contributed by atoms with E-state index in [4.69, 9.17) is 9.47 Å². The molecule has 0 spiro atoms. The molecule has 0 fully saturated rings. The molecule has 8 aliphatic heterocycles. The smallest absolute Gasteiger partial charge is 0.169 e. The zero-order valence-electron chi connectivity index (χ0n) is 65.5. The highest BCUT2D eigenvalue weighted by atomic mass is 16.5. The second kappa shape index (κ2) is 79.7. The van der Waals surface area contributed by atoms with Crippen molar-refractivity contribution < 1.29 is 9.47 Å². The van der Waals surface area contributed by atoms with Crippen LogP contribution < -0.4 is 10.6 Å². The Kier molecular flexibility index (Phi) is 91.2. The molecule has 0 aromatic carbocycles. The molecular formula is C76H162N10O2. The molecule has 0 aromatic heterocycles. The van der Waals surface area contributed by atoms with Crippen LogP contribution in [0.5, 0.6) is 0 Å².